The van der Waals surface area contributed by atoms with Crippen LogP contribution in [0.4, 0.5) is 5.69 Å². The first-order chi connectivity index (χ1) is 9.66. The first kappa shape index (κ1) is 13.8. The zero-order chi connectivity index (χ0) is 14.4. The summed E-state index contributed by atoms with van der Waals surface area (Å²) in [5.41, 5.74) is 1.30. The third-order valence-electron chi connectivity index (χ3n) is 2.82. The monoisotopic (exact) mass is 268 g/mol. The molecule has 2 N–H and O–H groups in total. The van der Waals surface area contributed by atoms with Crippen molar-refractivity contribution >= 4 is 17.5 Å². The van der Waals surface area contributed by atoms with E-state index in [1.165, 1.54) is 0 Å². The predicted octanol–water partition coefficient (Wildman–Crippen LogP) is 2.44. The van der Waals surface area contributed by atoms with Gasteiger partial charge in [0, 0.05) is 11.3 Å². The molecule has 0 radical (unpaired) electrons. The molecule has 0 saturated carbocycles. The molecule has 0 fully saturated rings. The van der Waals surface area contributed by atoms with E-state index in [9.17, 15) is 9.59 Å². The lowest BCUT2D eigenvalue weighted by molar-refractivity contribution is -0.120. The Bertz CT molecular complexity index is 582. The number of anilines is 1. The van der Waals surface area contributed by atoms with Gasteiger partial charge < -0.3 is 5.32 Å². The Morgan fingerprint density at radius 2 is 1.45 bits per heavy atom. The topological polar surface area (TPSA) is 58.2 Å². The molecule has 0 aromatic heterocycles. The summed E-state index contributed by atoms with van der Waals surface area (Å²) in [6, 6.07) is 17.5. The minimum absolute atomic E-state index is 0.359. The van der Waals surface area contributed by atoms with E-state index in [-0.39, 0.29) is 5.91 Å². The molecule has 102 valence electrons. The van der Waals surface area contributed by atoms with Crippen molar-refractivity contribution < 1.29 is 9.59 Å². The molecule has 0 aliphatic heterocycles. The van der Waals surface area contributed by atoms with Crippen molar-refractivity contribution in [1.82, 2.24) is 5.32 Å². The van der Waals surface area contributed by atoms with Crippen molar-refractivity contribution in [1.29, 1.82) is 0 Å². The Morgan fingerprint density at radius 1 is 0.900 bits per heavy atom. The normalized spacial score (nSPS) is 11.4. The van der Waals surface area contributed by atoms with Gasteiger partial charge in [-0.15, -0.1) is 0 Å². The van der Waals surface area contributed by atoms with Gasteiger partial charge in [-0.25, -0.2) is 0 Å². The number of hydrogen-bond donors (Lipinski definition) is 2. The average Bonchev–Trinajstić information content (AvgIpc) is 2.49. The number of hydrogen-bond acceptors (Lipinski definition) is 3. The Morgan fingerprint density at radius 3 is 2.05 bits per heavy atom. The van der Waals surface area contributed by atoms with E-state index < -0.39 is 11.9 Å². The molecule has 0 heterocycles. The van der Waals surface area contributed by atoms with Crippen molar-refractivity contribution in [3.05, 3.63) is 66.2 Å². The molecule has 2 aromatic rings. The zero-order valence-corrected chi connectivity index (χ0v) is 11.2. The highest BCUT2D eigenvalue weighted by atomic mass is 16.2. The summed E-state index contributed by atoms with van der Waals surface area (Å²) in [7, 11) is 0. The SMILES string of the molecule is C[C@H](Nc1ccccc1)C(=O)NC(=O)c1ccccc1. The summed E-state index contributed by atoms with van der Waals surface area (Å²) in [5, 5.41) is 5.41. The highest BCUT2D eigenvalue weighted by molar-refractivity contribution is 6.06. The van der Waals surface area contributed by atoms with Crippen molar-refractivity contribution in [2.45, 2.75) is 13.0 Å². The molecule has 2 aromatic carbocycles. The number of para-hydroxylation sites is 1. The second kappa shape index (κ2) is 6.52. The second-order valence-corrected chi connectivity index (χ2v) is 4.42. The fourth-order valence-corrected chi connectivity index (χ4v) is 1.73. The van der Waals surface area contributed by atoms with Crippen molar-refractivity contribution in [3.8, 4) is 0 Å². The van der Waals surface area contributed by atoms with Crippen LogP contribution >= 0.6 is 0 Å². The summed E-state index contributed by atoms with van der Waals surface area (Å²) in [4.78, 5) is 23.8. The lowest BCUT2D eigenvalue weighted by Crippen LogP contribution is -2.40. The summed E-state index contributed by atoms with van der Waals surface area (Å²) in [6.45, 7) is 1.71. The molecule has 0 unspecified atom stereocenters. The summed E-state index contributed by atoms with van der Waals surface area (Å²) < 4.78 is 0. The van der Waals surface area contributed by atoms with Crippen LogP contribution < -0.4 is 10.6 Å². The molecule has 20 heavy (non-hydrogen) atoms. The van der Waals surface area contributed by atoms with Crippen molar-refractivity contribution in [3.63, 3.8) is 0 Å². The van der Waals surface area contributed by atoms with E-state index in [0.717, 1.165) is 5.69 Å². The van der Waals surface area contributed by atoms with Gasteiger partial charge in [0.1, 0.15) is 6.04 Å². The van der Waals surface area contributed by atoms with E-state index in [0.29, 0.717) is 5.56 Å². The average molecular weight is 268 g/mol. The number of benzene rings is 2. The highest BCUT2D eigenvalue weighted by Gasteiger charge is 2.16. The third-order valence-corrected chi connectivity index (χ3v) is 2.82. The molecule has 1 atom stereocenters. The van der Waals surface area contributed by atoms with Crippen molar-refractivity contribution in [2.75, 3.05) is 5.32 Å². The molecule has 0 aliphatic rings. The summed E-state index contributed by atoms with van der Waals surface area (Å²) in [6.07, 6.45) is 0. The first-order valence-corrected chi connectivity index (χ1v) is 6.38. The fourth-order valence-electron chi connectivity index (χ4n) is 1.73. The van der Waals surface area contributed by atoms with Crippen LogP contribution in [-0.2, 0) is 4.79 Å². The van der Waals surface area contributed by atoms with E-state index in [1.54, 1.807) is 31.2 Å². The van der Waals surface area contributed by atoms with Crippen LogP contribution in [0.25, 0.3) is 0 Å². The fraction of sp³-hybridized carbons (Fsp3) is 0.125. The minimum Gasteiger partial charge on any atom is -0.374 e. The number of nitrogens with one attached hydrogen (secondary N) is 2. The third kappa shape index (κ3) is 3.68. The maximum absolute atomic E-state index is 11.9. The maximum Gasteiger partial charge on any atom is 0.257 e. The molecule has 0 spiro atoms. The molecule has 0 aliphatic carbocycles. The molecule has 4 nitrogen and oxygen atoms in total. The molecular weight excluding hydrogens is 252 g/mol. The van der Waals surface area contributed by atoms with Crippen LogP contribution in [-0.4, -0.2) is 17.9 Å². The van der Waals surface area contributed by atoms with E-state index in [1.807, 2.05) is 36.4 Å². The minimum atomic E-state index is -0.495. The largest absolute Gasteiger partial charge is 0.374 e. The number of carbonyl (C=O) groups is 2. The van der Waals surface area contributed by atoms with Crippen LogP contribution in [0.1, 0.15) is 17.3 Å². The lowest BCUT2D eigenvalue weighted by atomic mass is 10.2. The van der Waals surface area contributed by atoms with Gasteiger partial charge in [0.15, 0.2) is 0 Å². The zero-order valence-electron chi connectivity index (χ0n) is 11.2. The molecular formula is C16H16N2O2. The molecule has 2 rings (SSSR count). The first-order valence-electron chi connectivity index (χ1n) is 6.38. The molecule has 0 saturated heterocycles. The molecule has 0 bridgehead atoms. The lowest BCUT2D eigenvalue weighted by Gasteiger charge is -2.14. The smallest absolute Gasteiger partial charge is 0.257 e. The van der Waals surface area contributed by atoms with Crippen LogP contribution in [0.15, 0.2) is 60.7 Å². The van der Waals surface area contributed by atoms with Crippen LogP contribution in [0.3, 0.4) is 0 Å². The number of imide groups is 1. The highest BCUT2D eigenvalue weighted by Crippen LogP contribution is 2.07. The molecule has 4 heteroatoms. The van der Waals surface area contributed by atoms with E-state index in [4.69, 9.17) is 0 Å². The number of amides is 2. The van der Waals surface area contributed by atoms with Gasteiger partial charge in [0.2, 0.25) is 5.91 Å². The van der Waals surface area contributed by atoms with Gasteiger partial charge in [-0.3, -0.25) is 14.9 Å². The summed E-state index contributed by atoms with van der Waals surface area (Å²) in [5.74, 6) is -0.750. The predicted molar refractivity (Wildman–Crippen MR) is 78.4 cm³/mol. The Balaban J connectivity index is 1.93. The Hall–Kier alpha value is -2.62. The van der Waals surface area contributed by atoms with Crippen molar-refractivity contribution in [2.24, 2.45) is 0 Å². The van der Waals surface area contributed by atoms with Gasteiger partial charge in [0.25, 0.3) is 5.91 Å². The van der Waals surface area contributed by atoms with E-state index in [2.05, 4.69) is 10.6 Å². The Labute approximate surface area is 117 Å². The molecule has 2 amide bonds. The van der Waals surface area contributed by atoms with Gasteiger partial charge in [0.05, 0.1) is 0 Å². The van der Waals surface area contributed by atoms with Gasteiger partial charge in [-0.05, 0) is 31.2 Å². The Kier molecular flexibility index (Phi) is 4.50. The van der Waals surface area contributed by atoms with E-state index >= 15 is 0 Å². The summed E-state index contributed by atoms with van der Waals surface area (Å²) >= 11 is 0. The quantitative estimate of drug-likeness (QED) is 0.895. The van der Waals surface area contributed by atoms with Gasteiger partial charge in [-0.1, -0.05) is 36.4 Å². The van der Waals surface area contributed by atoms with Crippen LogP contribution in [0.2, 0.25) is 0 Å². The van der Waals surface area contributed by atoms with Gasteiger partial charge >= 0.3 is 0 Å². The van der Waals surface area contributed by atoms with Gasteiger partial charge in [-0.2, -0.15) is 0 Å². The number of carbonyl (C=O) groups excluding carboxylic acids is 2. The second-order valence-electron chi connectivity index (χ2n) is 4.42. The van der Waals surface area contributed by atoms with Crippen LogP contribution in [0.5, 0.6) is 0 Å². The standard InChI is InChI=1S/C16H16N2O2/c1-12(17-14-10-6-3-7-11-14)15(19)18-16(20)13-8-4-2-5-9-13/h2-12,17H,1H3,(H,18,19,20)/t12-/m0/s1. The van der Waals surface area contributed by atoms with Crippen LogP contribution in [0, 0.1) is 0 Å². The number of rotatable bonds is 4. The maximum atomic E-state index is 11.9.